The molecule has 2 rings (SSSR count). The monoisotopic (exact) mass is 176 g/mol. The van der Waals surface area contributed by atoms with Crippen LogP contribution in [0.1, 0.15) is 30.5 Å². The molecule has 0 bridgehead atoms. The minimum atomic E-state index is 0.188. The molecule has 0 unspecified atom stereocenters. The zero-order valence-corrected chi connectivity index (χ0v) is 8.77. The molecule has 1 heterocycles. The third-order valence-electron chi connectivity index (χ3n) is 2.91. The predicted molar refractivity (Wildman–Crippen MR) is 54.4 cm³/mol. The van der Waals surface area contributed by atoms with Gasteiger partial charge in [0.25, 0.3) is 0 Å². The molecule has 1 nitrogen and oxygen atoms in total. The summed E-state index contributed by atoms with van der Waals surface area (Å²) in [5.74, 6) is 1.08. The summed E-state index contributed by atoms with van der Waals surface area (Å²) in [6.45, 7) is 9.56. The van der Waals surface area contributed by atoms with E-state index in [1.54, 1.807) is 0 Å². The van der Waals surface area contributed by atoms with Gasteiger partial charge in [0, 0.05) is 11.0 Å². The lowest BCUT2D eigenvalue weighted by atomic mass is 9.85. The van der Waals surface area contributed by atoms with Gasteiger partial charge in [-0.1, -0.05) is 19.9 Å². The first-order valence-electron chi connectivity index (χ1n) is 4.75. The molecule has 1 heteroatoms. The van der Waals surface area contributed by atoms with Crippen LogP contribution < -0.4 is 4.74 Å². The van der Waals surface area contributed by atoms with Crippen molar-refractivity contribution in [2.45, 2.75) is 33.1 Å². The largest absolute Gasteiger partial charge is 0.492 e. The highest BCUT2D eigenvalue weighted by atomic mass is 16.5. The second-order valence-corrected chi connectivity index (χ2v) is 4.61. The molecule has 13 heavy (non-hydrogen) atoms. The molecule has 1 aromatic rings. The molecule has 0 saturated carbocycles. The fourth-order valence-corrected chi connectivity index (χ4v) is 1.77. The molecular weight excluding hydrogens is 160 g/mol. The molecule has 0 radical (unpaired) electrons. The Morgan fingerprint density at radius 1 is 1.15 bits per heavy atom. The third-order valence-corrected chi connectivity index (χ3v) is 2.91. The van der Waals surface area contributed by atoms with Gasteiger partial charge in [-0.3, -0.25) is 0 Å². The molecule has 0 atom stereocenters. The Morgan fingerprint density at radius 3 is 2.46 bits per heavy atom. The van der Waals surface area contributed by atoms with Crippen LogP contribution in [0, 0.1) is 13.8 Å². The van der Waals surface area contributed by atoms with Crippen LogP contribution in [0.15, 0.2) is 12.1 Å². The van der Waals surface area contributed by atoms with Gasteiger partial charge >= 0.3 is 0 Å². The standard InChI is InChI=1S/C12H16O/c1-8-5-10-11(6-9(8)2)13-7-12(10,3)4/h5-6H,7H2,1-4H3. The van der Waals surface area contributed by atoms with Crippen LogP contribution in [0.25, 0.3) is 0 Å². The van der Waals surface area contributed by atoms with E-state index in [2.05, 4.69) is 39.8 Å². The average Bonchev–Trinajstić information content (AvgIpc) is 2.31. The molecule has 0 aliphatic carbocycles. The van der Waals surface area contributed by atoms with Gasteiger partial charge in [-0.05, 0) is 31.0 Å². The summed E-state index contributed by atoms with van der Waals surface area (Å²) in [4.78, 5) is 0. The highest BCUT2D eigenvalue weighted by Gasteiger charge is 2.31. The van der Waals surface area contributed by atoms with Gasteiger partial charge in [0.1, 0.15) is 5.75 Å². The first-order valence-corrected chi connectivity index (χ1v) is 4.75. The van der Waals surface area contributed by atoms with Gasteiger partial charge < -0.3 is 4.74 Å². The van der Waals surface area contributed by atoms with Crippen molar-refractivity contribution in [2.75, 3.05) is 6.61 Å². The minimum Gasteiger partial charge on any atom is -0.492 e. The molecule has 70 valence electrons. The first kappa shape index (κ1) is 8.61. The van der Waals surface area contributed by atoms with Crippen molar-refractivity contribution in [2.24, 2.45) is 0 Å². The molecule has 1 aliphatic rings. The topological polar surface area (TPSA) is 9.23 Å². The van der Waals surface area contributed by atoms with Crippen LogP contribution in [-0.4, -0.2) is 6.61 Å². The Labute approximate surface area is 79.7 Å². The van der Waals surface area contributed by atoms with Crippen LogP contribution in [0.3, 0.4) is 0 Å². The van der Waals surface area contributed by atoms with E-state index >= 15 is 0 Å². The lowest BCUT2D eigenvalue weighted by Crippen LogP contribution is -2.18. The molecular formula is C12H16O. The van der Waals surface area contributed by atoms with E-state index in [1.165, 1.54) is 16.7 Å². The molecule has 0 fully saturated rings. The van der Waals surface area contributed by atoms with Crippen LogP contribution in [0.5, 0.6) is 5.75 Å². The van der Waals surface area contributed by atoms with Crippen molar-refractivity contribution in [3.63, 3.8) is 0 Å². The predicted octanol–water partition coefficient (Wildman–Crippen LogP) is 2.97. The van der Waals surface area contributed by atoms with Crippen LogP contribution in [0.2, 0.25) is 0 Å². The summed E-state index contributed by atoms with van der Waals surface area (Å²) in [7, 11) is 0. The van der Waals surface area contributed by atoms with Crippen LogP contribution in [0.4, 0.5) is 0 Å². The summed E-state index contributed by atoms with van der Waals surface area (Å²) in [6, 6.07) is 4.41. The maximum Gasteiger partial charge on any atom is 0.123 e. The summed E-state index contributed by atoms with van der Waals surface area (Å²) >= 11 is 0. The lowest BCUT2D eigenvalue weighted by molar-refractivity contribution is 0.291. The highest BCUT2D eigenvalue weighted by molar-refractivity contribution is 5.48. The van der Waals surface area contributed by atoms with E-state index in [4.69, 9.17) is 4.74 Å². The second kappa shape index (κ2) is 2.50. The summed E-state index contributed by atoms with van der Waals surface area (Å²) in [5.41, 5.74) is 4.22. The number of fused-ring (bicyclic) bond motifs is 1. The average molecular weight is 176 g/mol. The lowest BCUT2D eigenvalue weighted by Gasteiger charge is -2.15. The van der Waals surface area contributed by atoms with E-state index in [9.17, 15) is 0 Å². The van der Waals surface area contributed by atoms with Crippen LogP contribution in [-0.2, 0) is 5.41 Å². The molecule has 1 aromatic carbocycles. The van der Waals surface area contributed by atoms with Crippen molar-refractivity contribution in [1.29, 1.82) is 0 Å². The molecule has 0 saturated heterocycles. The fourth-order valence-electron chi connectivity index (χ4n) is 1.77. The van der Waals surface area contributed by atoms with E-state index in [1.807, 2.05) is 0 Å². The highest BCUT2D eigenvalue weighted by Crippen LogP contribution is 2.39. The van der Waals surface area contributed by atoms with Gasteiger partial charge in [-0.15, -0.1) is 0 Å². The Morgan fingerprint density at radius 2 is 1.77 bits per heavy atom. The fraction of sp³-hybridized carbons (Fsp3) is 0.500. The van der Waals surface area contributed by atoms with E-state index in [0.717, 1.165) is 12.4 Å². The Hall–Kier alpha value is -0.980. The summed E-state index contributed by atoms with van der Waals surface area (Å²) in [5, 5.41) is 0. The summed E-state index contributed by atoms with van der Waals surface area (Å²) < 4.78 is 5.65. The van der Waals surface area contributed by atoms with Crippen molar-refractivity contribution in [3.05, 3.63) is 28.8 Å². The number of rotatable bonds is 0. The molecule has 0 amide bonds. The van der Waals surface area contributed by atoms with E-state index in [0.29, 0.717) is 0 Å². The van der Waals surface area contributed by atoms with Gasteiger partial charge in [-0.2, -0.15) is 0 Å². The minimum absolute atomic E-state index is 0.188. The SMILES string of the molecule is Cc1cc2c(cc1C)C(C)(C)CO2. The zero-order chi connectivity index (χ0) is 9.64. The van der Waals surface area contributed by atoms with Crippen molar-refractivity contribution < 1.29 is 4.74 Å². The molecule has 0 spiro atoms. The zero-order valence-electron chi connectivity index (χ0n) is 8.77. The normalized spacial score (nSPS) is 18.2. The number of benzene rings is 1. The van der Waals surface area contributed by atoms with E-state index < -0.39 is 0 Å². The Balaban J connectivity index is 2.61. The van der Waals surface area contributed by atoms with Crippen molar-refractivity contribution in [1.82, 2.24) is 0 Å². The number of ether oxygens (including phenoxy) is 1. The molecule has 0 aromatic heterocycles. The number of hydrogen-bond donors (Lipinski definition) is 0. The maximum atomic E-state index is 5.65. The van der Waals surface area contributed by atoms with Gasteiger partial charge in [-0.25, -0.2) is 0 Å². The second-order valence-electron chi connectivity index (χ2n) is 4.61. The van der Waals surface area contributed by atoms with Gasteiger partial charge in [0.2, 0.25) is 0 Å². The first-order chi connectivity index (χ1) is 6.00. The van der Waals surface area contributed by atoms with Gasteiger partial charge in [0.05, 0.1) is 6.61 Å². The quantitative estimate of drug-likeness (QED) is 0.590. The maximum absolute atomic E-state index is 5.65. The van der Waals surface area contributed by atoms with Crippen molar-refractivity contribution >= 4 is 0 Å². The Kier molecular flexibility index (Phi) is 1.66. The van der Waals surface area contributed by atoms with Gasteiger partial charge in [0.15, 0.2) is 0 Å². The van der Waals surface area contributed by atoms with Crippen LogP contribution >= 0.6 is 0 Å². The molecule has 1 aliphatic heterocycles. The third kappa shape index (κ3) is 1.23. The number of aryl methyl sites for hydroxylation is 2. The van der Waals surface area contributed by atoms with Crippen molar-refractivity contribution in [3.8, 4) is 5.75 Å². The Bertz CT molecular complexity index is 350. The number of hydrogen-bond acceptors (Lipinski definition) is 1. The molecule has 0 N–H and O–H groups in total. The smallest absolute Gasteiger partial charge is 0.123 e. The van der Waals surface area contributed by atoms with E-state index in [-0.39, 0.29) is 5.41 Å². The summed E-state index contributed by atoms with van der Waals surface area (Å²) in [6.07, 6.45) is 0.